The van der Waals surface area contributed by atoms with Crippen molar-refractivity contribution in [1.29, 1.82) is 0 Å². The number of thioether (sulfide) groups is 1. The van der Waals surface area contributed by atoms with E-state index in [1.54, 1.807) is 11.8 Å². The van der Waals surface area contributed by atoms with Gasteiger partial charge in [0.05, 0.1) is 5.41 Å². The normalized spacial score (nSPS) is 26.9. The standard InChI is InChI=1S/C13H19N3O2S/c1-13(12(17)18)6-4-3-5-9(13)16-10-7-11(19-2)15-8-14-10/h7-9H,3-6H2,1-2H3,(H,17,18)(H,14,15,16). The Bertz CT molecular complexity index is 469. The first-order chi connectivity index (χ1) is 9.06. The molecule has 1 aliphatic rings. The van der Waals surface area contributed by atoms with Crippen molar-refractivity contribution in [2.45, 2.75) is 43.7 Å². The number of rotatable bonds is 4. The fraction of sp³-hybridized carbons (Fsp3) is 0.615. The summed E-state index contributed by atoms with van der Waals surface area (Å²) in [5.41, 5.74) is -0.720. The average molecular weight is 281 g/mol. The SMILES string of the molecule is CSc1cc(NC2CCCCC2(C)C(=O)O)ncn1. The lowest BCUT2D eigenvalue weighted by molar-refractivity contribution is -0.150. The minimum Gasteiger partial charge on any atom is -0.481 e. The number of nitrogens with zero attached hydrogens (tertiary/aromatic N) is 2. The third-order valence-corrected chi connectivity index (χ3v) is 4.51. The molecule has 1 aliphatic carbocycles. The maximum atomic E-state index is 11.5. The number of anilines is 1. The van der Waals surface area contributed by atoms with Gasteiger partial charge in [-0.2, -0.15) is 0 Å². The highest BCUT2D eigenvalue weighted by Gasteiger charge is 2.43. The molecule has 0 aromatic carbocycles. The summed E-state index contributed by atoms with van der Waals surface area (Å²) in [4.78, 5) is 19.8. The van der Waals surface area contributed by atoms with Crippen LogP contribution in [0.4, 0.5) is 5.82 Å². The first kappa shape index (κ1) is 14.1. The van der Waals surface area contributed by atoms with Gasteiger partial charge in [0.15, 0.2) is 0 Å². The Kier molecular flexibility index (Phi) is 4.29. The Hall–Kier alpha value is -1.30. The lowest BCUT2D eigenvalue weighted by Crippen LogP contribution is -2.46. The van der Waals surface area contributed by atoms with Crippen LogP contribution in [0.2, 0.25) is 0 Å². The molecular formula is C13H19N3O2S. The minimum absolute atomic E-state index is 0.0802. The molecule has 0 bridgehead atoms. The van der Waals surface area contributed by atoms with Crippen molar-refractivity contribution in [2.75, 3.05) is 11.6 Å². The van der Waals surface area contributed by atoms with Crippen LogP contribution in [0.3, 0.4) is 0 Å². The molecule has 104 valence electrons. The topological polar surface area (TPSA) is 75.1 Å². The van der Waals surface area contributed by atoms with Gasteiger partial charge < -0.3 is 10.4 Å². The molecule has 0 spiro atoms. The number of aromatic nitrogens is 2. The van der Waals surface area contributed by atoms with E-state index < -0.39 is 11.4 Å². The quantitative estimate of drug-likeness (QED) is 0.653. The molecule has 5 nitrogen and oxygen atoms in total. The van der Waals surface area contributed by atoms with Crippen LogP contribution in [-0.2, 0) is 4.79 Å². The third-order valence-electron chi connectivity index (χ3n) is 3.87. The van der Waals surface area contributed by atoms with Crippen molar-refractivity contribution in [1.82, 2.24) is 9.97 Å². The lowest BCUT2D eigenvalue weighted by Gasteiger charge is -2.38. The van der Waals surface area contributed by atoms with Crippen LogP contribution in [0.5, 0.6) is 0 Å². The summed E-state index contributed by atoms with van der Waals surface area (Å²) in [7, 11) is 0. The zero-order valence-electron chi connectivity index (χ0n) is 11.2. The van der Waals surface area contributed by atoms with Gasteiger partial charge in [0.1, 0.15) is 17.2 Å². The van der Waals surface area contributed by atoms with Crippen LogP contribution in [0.25, 0.3) is 0 Å². The number of carboxylic acids is 1. The molecule has 0 amide bonds. The largest absolute Gasteiger partial charge is 0.481 e. The summed E-state index contributed by atoms with van der Waals surface area (Å²) < 4.78 is 0. The van der Waals surface area contributed by atoms with Crippen LogP contribution >= 0.6 is 11.8 Å². The van der Waals surface area contributed by atoms with Gasteiger partial charge in [-0.1, -0.05) is 12.8 Å². The molecule has 0 saturated heterocycles. The molecule has 6 heteroatoms. The fourth-order valence-electron chi connectivity index (χ4n) is 2.53. The van der Waals surface area contributed by atoms with E-state index in [1.807, 2.05) is 19.2 Å². The second kappa shape index (κ2) is 5.77. The summed E-state index contributed by atoms with van der Waals surface area (Å²) in [5, 5.41) is 13.6. The van der Waals surface area contributed by atoms with Gasteiger partial charge in [-0.25, -0.2) is 9.97 Å². The Balaban J connectivity index is 2.17. The summed E-state index contributed by atoms with van der Waals surface area (Å²) in [6, 6.07) is 1.78. The average Bonchev–Trinajstić information content (AvgIpc) is 2.41. The van der Waals surface area contributed by atoms with Crippen LogP contribution < -0.4 is 5.32 Å². The molecule has 1 fully saturated rings. The van der Waals surface area contributed by atoms with Gasteiger partial charge in [0.25, 0.3) is 0 Å². The van der Waals surface area contributed by atoms with Crippen LogP contribution in [0, 0.1) is 5.41 Å². The molecule has 19 heavy (non-hydrogen) atoms. The molecule has 1 saturated carbocycles. The van der Waals surface area contributed by atoms with Crippen molar-refractivity contribution in [3.63, 3.8) is 0 Å². The van der Waals surface area contributed by atoms with E-state index in [0.717, 1.165) is 24.3 Å². The third kappa shape index (κ3) is 3.00. The number of hydrogen-bond donors (Lipinski definition) is 2. The Morgan fingerprint density at radius 1 is 1.53 bits per heavy atom. The van der Waals surface area contributed by atoms with Crippen LogP contribution in [0.15, 0.2) is 17.4 Å². The monoisotopic (exact) mass is 281 g/mol. The minimum atomic E-state index is -0.733. The Morgan fingerprint density at radius 3 is 3.00 bits per heavy atom. The summed E-state index contributed by atoms with van der Waals surface area (Å²) in [6.45, 7) is 1.82. The summed E-state index contributed by atoms with van der Waals surface area (Å²) in [6.07, 6.45) is 7.06. The summed E-state index contributed by atoms with van der Waals surface area (Å²) >= 11 is 1.54. The molecule has 2 unspecified atom stereocenters. The first-order valence-electron chi connectivity index (χ1n) is 6.42. The Morgan fingerprint density at radius 2 is 2.32 bits per heavy atom. The second-order valence-corrected chi connectivity index (χ2v) is 5.94. The Labute approximate surface area is 117 Å². The van der Waals surface area contributed by atoms with Crippen molar-refractivity contribution < 1.29 is 9.90 Å². The van der Waals surface area contributed by atoms with Gasteiger partial charge in [0.2, 0.25) is 0 Å². The van der Waals surface area contributed by atoms with Crippen molar-refractivity contribution in [2.24, 2.45) is 5.41 Å². The first-order valence-corrected chi connectivity index (χ1v) is 7.64. The zero-order valence-corrected chi connectivity index (χ0v) is 12.0. The highest BCUT2D eigenvalue weighted by atomic mass is 32.2. The van der Waals surface area contributed by atoms with E-state index in [4.69, 9.17) is 0 Å². The second-order valence-electron chi connectivity index (χ2n) is 5.11. The van der Waals surface area contributed by atoms with E-state index >= 15 is 0 Å². The van der Waals surface area contributed by atoms with E-state index in [1.165, 1.54) is 6.33 Å². The molecule has 0 radical (unpaired) electrons. The zero-order chi connectivity index (χ0) is 13.9. The summed E-state index contributed by atoms with van der Waals surface area (Å²) in [5.74, 6) is -0.0254. The van der Waals surface area contributed by atoms with Crippen LogP contribution in [0.1, 0.15) is 32.6 Å². The van der Waals surface area contributed by atoms with Gasteiger partial charge in [-0.05, 0) is 26.0 Å². The molecule has 1 aromatic rings. The molecule has 2 rings (SSSR count). The molecule has 1 heterocycles. The van der Waals surface area contributed by atoms with Gasteiger partial charge in [-0.3, -0.25) is 4.79 Å². The van der Waals surface area contributed by atoms with Crippen molar-refractivity contribution >= 4 is 23.5 Å². The molecule has 2 N–H and O–H groups in total. The van der Waals surface area contributed by atoms with E-state index in [9.17, 15) is 9.90 Å². The molecule has 1 aromatic heterocycles. The number of carboxylic acid groups (broad SMARTS) is 1. The smallest absolute Gasteiger partial charge is 0.311 e. The lowest BCUT2D eigenvalue weighted by atomic mass is 9.71. The van der Waals surface area contributed by atoms with Crippen LogP contribution in [-0.4, -0.2) is 33.3 Å². The van der Waals surface area contributed by atoms with E-state index in [2.05, 4.69) is 15.3 Å². The fourth-order valence-corrected chi connectivity index (χ4v) is 2.91. The highest BCUT2D eigenvalue weighted by molar-refractivity contribution is 7.98. The van der Waals surface area contributed by atoms with Gasteiger partial charge >= 0.3 is 5.97 Å². The van der Waals surface area contributed by atoms with E-state index in [0.29, 0.717) is 12.2 Å². The maximum Gasteiger partial charge on any atom is 0.311 e. The highest BCUT2D eigenvalue weighted by Crippen LogP contribution is 2.38. The molecule has 0 aliphatic heterocycles. The number of nitrogens with one attached hydrogen (secondary N) is 1. The van der Waals surface area contributed by atoms with E-state index in [-0.39, 0.29) is 6.04 Å². The van der Waals surface area contributed by atoms with Crippen molar-refractivity contribution in [3.05, 3.63) is 12.4 Å². The van der Waals surface area contributed by atoms with Gasteiger partial charge in [0, 0.05) is 12.1 Å². The maximum absolute atomic E-state index is 11.5. The predicted molar refractivity (Wildman–Crippen MR) is 75.4 cm³/mol. The van der Waals surface area contributed by atoms with Gasteiger partial charge in [-0.15, -0.1) is 11.8 Å². The molecular weight excluding hydrogens is 262 g/mol. The van der Waals surface area contributed by atoms with Crippen molar-refractivity contribution in [3.8, 4) is 0 Å². The number of aliphatic carboxylic acids is 1. The number of hydrogen-bond acceptors (Lipinski definition) is 5. The molecule has 2 atom stereocenters. The number of carbonyl (C=O) groups is 1. The predicted octanol–water partition coefficient (Wildman–Crippen LogP) is 2.64.